The molecule has 0 aliphatic carbocycles. The van der Waals surface area contributed by atoms with Gasteiger partial charge in [0.1, 0.15) is 0 Å². The number of halogens is 1. The molecule has 1 fully saturated rings. The molecule has 2 aliphatic heterocycles. The first-order chi connectivity index (χ1) is 12.3. The van der Waals surface area contributed by atoms with E-state index in [0.717, 1.165) is 22.9 Å². The third kappa shape index (κ3) is 2.43. The quantitative estimate of drug-likeness (QED) is 0.738. The average molecular weight is 370 g/mol. The highest BCUT2D eigenvalue weighted by molar-refractivity contribution is 6.30. The minimum atomic E-state index is -0.583. The Morgan fingerprint density at radius 1 is 1.15 bits per heavy atom. The molecule has 0 saturated carbocycles. The van der Waals surface area contributed by atoms with E-state index in [1.807, 2.05) is 38.5 Å². The van der Waals surface area contributed by atoms with Crippen LogP contribution in [0.25, 0.3) is 0 Å². The monoisotopic (exact) mass is 369 g/mol. The van der Waals surface area contributed by atoms with Gasteiger partial charge in [-0.15, -0.1) is 0 Å². The fraction of sp³-hybridized carbons (Fsp3) is 0.381. The molecular formula is C21H24ClN3O. The third-order valence-corrected chi connectivity index (χ3v) is 5.85. The van der Waals surface area contributed by atoms with E-state index in [2.05, 4.69) is 47.9 Å². The summed E-state index contributed by atoms with van der Waals surface area (Å²) < 4.78 is 6.31. The first-order valence-electron chi connectivity index (χ1n) is 8.89. The zero-order chi connectivity index (χ0) is 18.5. The second-order valence-corrected chi connectivity index (χ2v) is 8.09. The molecule has 2 aromatic carbocycles. The maximum Gasteiger partial charge on any atom is 0.187 e. The molecule has 1 unspecified atom stereocenters. The van der Waals surface area contributed by atoms with Crippen LogP contribution in [0.5, 0.6) is 0 Å². The number of anilines is 2. The molecule has 4 rings (SSSR count). The maximum absolute atomic E-state index is 6.31. The normalized spacial score (nSPS) is 23.3. The third-order valence-electron chi connectivity index (χ3n) is 5.61. The van der Waals surface area contributed by atoms with Gasteiger partial charge in [0.05, 0.1) is 18.5 Å². The lowest BCUT2D eigenvalue weighted by Gasteiger charge is -2.38. The molecule has 5 heteroatoms. The lowest BCUT2D eigenvalue weighted by Crippen LogP contribution is -2.54. The van der Waals surface area contributed by atoms with Gasteiger partial charge in [0, 0.05) is 42.5 Å². The van der Waals surface area contributed by atoms with E-state index < -0.39 is 5.72 Å². The molecule has 0 aromatic heterocycles. The Morgan fingerprint density at radius 3 is 2.58 bits per heavy atom. The van der Waals surface area contributed by atoms with Crippen molar-refractivity contribution in [1.82, 2.24) is 0 Å². The molecular weight excluding hydrogens is 346 g/mol. The summed E-state index contributed by atoms with van der Waals surface area (Å²) in [5.74, 6) is 0. The molecule has 1 atom stereocenters. The van der Waals surface area contributed by atoms with Crippen molar-refractivity contribution in [3.63, 3.8) is 0 Å². The van der Waals surface area contributed by atoms with Crippen LogP contribution in [0.3, 0.4) is 0 Å². The van der Waals surface area contributed by atoms with Gasteiger partial charge in [0.25, 0.3) is 0 Å². The van der Waals surface area contributed by atoms with Crippen molar-refractivity contribution >= 4 is 34.9 Å². The van der Waals surface area contributed by atoms with Gasteiger partial charge in [-0.05, 0) is 48.0 Å². The van der Waals surface area contributed by atoms with Crippen LogP contribution in [0.2, 0.25) is 5.02 Å². The van der Waals surface area contributed by atoms with Crippen LogP contribution in [0.1, 0.15) is 19.4 Å². The highest BCUT2D eigenvalue weighted by Gasteiger charge is 2.59. The van der Waals surface area contributed by atoms with Gasteiger partial charge < -0.3 is 14.5 Å². The minimum absolute atomic E-state index is 0.253. The summed E-state index contributed by atoms with van der Waals surface area (Å²) in [6.45, 7) is 5.95. The largest absolute Gasteiger partial charge is 0.378 e. The Balaban J connectivity index is 1.73. The molecule has 0 amide bonds. The molecule has 0 N–H and O–H groups in total. The number of ether oxygens (including phenoxy) is 1. The Hall–Kier alpha value is -2.04. The SMILES string of the molecule is CN(C)c1ccc(N=CC23OCCN2c2ccc(Cl)cc2C3(C)C)cc1. The number of rotatable bonds is 3. The molecule has 0 spiro atoms. The first-order valence-corrected chi connectivity index (χ1v) is 9.27. The van der Waals surface area contributed by atoms with Gasteiger partial charge in [-0.25, -0.2) is 0 Å². The molecule has 0 radical (unpaired) electrons. The van der Waals surface area contributed by atoms with Gasteiger partial charge in [0.2, 0.25) is 0 Å². The molecule has 26 heavy (non-hydrogen) atoms. The number of nitrogens with zero attached hydrogens (tertiary/aromatic N) is 3. The standard InChI is InChI=1S/C21H24ClN3O/c1-20(2)18-13-15(22)5-10-19(18)25-11-12-26-21(20,25)14-23-16-6-8-17(9-7-16)24(3)4/h5-10,13-14H,11-12H2,1-4H3. The van der Waals surface area contributed by atoms with Crippen LogP contribution >= 0.6 is 11.6 Å². The predicted octanol–water partition coefficient (Wildman–Crippen LogP) is 4.63. The van der Waals surface area contributed by atoms with Crippen LogP contribution in [0.15, 0.2) is 47.5 Å². The fourth-order valence-corrected chi connectivity index (χ4v) is 4.23. The number of hydrogen-bond donors (Lipinski definition) is 0. The van der Waals surface area contributed by atoms with Crippen molar-refractivity contribution in [1.29, 1.82) is 0 Å². The number of benzene rings is 2. The van der Waals surface area contributed by atoms with Crippen molar-refractivity contribution in [3.05, 3.63) is 53.1 Å². The van der Waals surface area contributed by atoms with Gasteiger partial charge in [0.15, 0.2) is 5.72 Å². The van der Waals surface area contributed by atoms with Gasteiger partial charge in [-0.2, -0.15) is 0 Å². The van der Waals surface area contributed by atoms with Gasteiger partial charge >= 0.3 is 0 Å². The predicted molar refractivity (Wildman–Crippen MR) is 109 cm³/mol. The summed E-state index contributed by atoms with van der Waals surface area (Å²) in [6, 6.07) is 14.3. The van der Waals surface area contributed by atoms with Crippen molar-refractivity contribution < 1.29 is 4.74 Å². The molecule has 2 aliphatic rings. The van der Waals surface area contributed by atoms with Crippen molar-refractivity contribution in [2.24, 2.45) is 4.99 Å². The number of hydrogen-bond acceptors (Lipinski definition) is 4. The first kappa shape index (κ1) is 17.4. The van der Waals surface area contributed by atoms with Crippen molar-refractivity contribution in [2.45, 2.75) is 25.0 Å². The topological polar surface area (TPSA) is 28.1 Å². The van der Waals surface area contributed by atoms with E-state index in [9.17, 15) is 0 Å². The lowest BCUT2D eigenvalue weighted by atomic mass is 9.78. The smallest absolute Gasteiger partial charge is 0.187 e. The molecule has 2 heterocycles. The molecule has 1 saturated heterocycles. The zero-order valence-electron chi connectivity index (χ0n) is 15.7. The van der Waals surface area contributed by atoms with Crippen LogP contribution in [0.4, 0.5) is 17.1 Å². The second kappa shape index (κ2) is 6.00. The van der Waals surface area contributed by atoms with E-state index in [-0.39, 0.29) is 5.41 Å². The highest BCUT2D eigenvalue weighted by atomic mass is 35.5. The van der Waals surface area contributed by atoms with E-state index >= 15 is 0 Å². The maximum atomic E-state index is 6.31. The van der Waals surface area contributed by atoms with Crippen molar-refractivity contribution in [2.75, 3.05) is 37.0 Å². The highest BCUT2D eigenvalue weighted by Crippen LogP contribution is 2.54. The van der Waals surface area contributed by atoms with Crippen LogP contribution < -0.4 is 9.80 Å². The zero-order valence-corrected chi connectivity index (χ0v) is 16.4. The fourth-order valence-electron chi connectivity index (χ4n) is 4.06. The van der Waals surface area contributed by atoms with Gasteiger partial charge in [-0.1, -0.05) is 25.4 Å². The Kier molecular flexibility index (Phi) is 4.01. The van der Waals surface area contributed by atoms with E-state index in [4.69, 9.17) is 21.3 Å². The Morgan fingerprint density at radius 2 is 1.88 bits per heavy atom. The number of fused-ring (bicyclic) bond motifs is 3. The summed E-state index contributed by atoms with van der Waals surface area (Å²) in [7, 11) is 4.07. The number of aliphatic imine (C=N–C) groups is 1. The van der Waals surface area contributed by atoms with E-state index in [1.54, 1.807) is 0 Å². The average Bonchev–Trinajstić information content (AvgIpc) is 3.11. The van der Waals surface area contributed by atoms with E-state index in [1.165, 1.54) is 11.3 Å². The summed E-state index contributed by atoms with van der Waals surface area (Å²) in [5.41, 5.74) is 3.64. The molecule has 136 valence electrons. The van der Waals surface area contributed by atoms with Crippen LogP contribution in [0, 0.1) is 0 Å². The van der Waals surface area contributed by atoms with Crippen LogP contribution in [-0.2, 0) is 10.2 Å². The Labute approximate surface area is 160 Å². The summed E-state index contributed by atoms with van der Waals surface area (Å²) in [4.78, 5) is 9.17. The second-order valence-electron chi connectivity index (χ2n) is 7.65. The minimum Gasteiger partial charge on any atom is -0.378 e. The summed E-state index contributed by atoms with van der Waals surface area (Å²) in [5, 5.41) is 0.754. The Bertz CT molecular complexity index is 860. The van der Waals surface area contributed by atoms with E-state index in [0.29, 0.717) is 6.61 Å². The van der Waals surface area contributed by atoms with Gasteiger partial charge in [-0.3, -0.25) is 4.99 Å². The summed E-state index contributed by atoms with van der Waals surface area (Å²) >= 11 is 6.27. The van der Waals surface area contributed by atoms with Crippen LogP contribution in [-0.4, -0.2) is 39.2 Å². The molecule has 0 bridgehead atoms. The lowest BCUT2D eigenvalue weighted by molar-refractivity contribution is 0.0206. The molecule has 4 nitrogen and oxygen atoms in total. The van der Waals surface area contributed by atoms with Crippen molar-refractivity contribution in [3.8, 4) is 0 Å². The molecule has 2 aromatic rings. The summed E-state index contributed by atoms with van der Waals surface area (Å²) in [6.07, 6.45) is 1.97.